The summed E-state index contributed by atoms with van der Waals surface area (Å²) in [5.41, 5.74) is 0.645. The predicted octanol–water partition coefficient (Wildman–Crippen LogP) is 4.96. The molecular formula is C16H23ClFN. The molecule has 1 atom stereocenters. The van der Waals surface area contributed by atoms with E-state index in [2.05, 4.69) is 12.2 Å². The SMILES string of the molecule is CCC1CCC(C(NC)c2c(F)cccc2Cl)CC1. The maximum Gasteiger partial charge on any atom is 0.129 e. The van der Waals surface area contributed by atoms with Crippen LogP contribution in [0.1, 0.15) is 50.6 Å². The van der Waals surface area contributed by atoms with Crippen LogP contribution >= 0.6 is 11.6 Å². The molecule has 1 aromatic carbocycles. The molecule has 1 aromatic rings. The van der Waals surface area contributed by atoms with Gasteiger partial charge in [0, 0.05) is 16.6 Å². The van der Waals surface area contributed by atoms with Crippen LogP contribution in [0, 0.1) is 17.7 Å². The molecule has 0 amide bonds. The van der Waals surface area contributed by atoms with Crippen molar-refractivity contribution in [2.45, 2.75) is 45.1 Å². The fourth-order valence-corrected chi connectivity index (χ4v) is 3.63. The van der Waals surface area contributed by atoms with Crippen LogP contribution < -0.4 is 5.32 Å². The van der Waals surface area contributed by atoms with Crippen molar-refractivity contribution in [1.82, 2.24) is 5.32 Å². The lowest BCUT2D eigenvalue weighted by atomic mass is 9.76. The largest absolute Gasteiger partial charge is 0.313 e. The van der Waals surface area contributed by atoms with Crippen molar-refractivity contribution in [2.75, 3.05) is 7.05 Å². The van der Waals surface area contributed by atoms with Crippen LogP contribution in [0.3, 0.4) is 0 Å². The van der Waals surface area contributed by atoms with Gasteiger partial charge in [0.2, 0.25) is 0 Å². The first-order chi connectivity index (χ1) is 9.17. The van der Waals surface area contributed by atoms with Crippen molar-refractivity contribution in [1.29, 1.82) is 0 Å². The molecule has 1 nitrogen and oxygen atoms in total. The molecule has 0 spiro atoms. The Hall–Kier alpha value is -0.600. The summed E-state index contributed by atoms with van der Waals surface area (Å²) in [6, 6.07) is 4.99. The van der Waals surface area contributed by atoms with Crippen molar-refractivity contribution in [3.05, 3.63) is 34.6 Å². The highest BCUT2D eigenvalue weighted by Crippen LogP contribution is 2.40. The van der Waals surface area contributed by atoms with Gasteiger partial charge in [-0.1, -0.05) is 43.9 Å². The van der Waals surface area contributed by atoms with E-state index in [-0.39, 0.29) is 11.9 Å². The first-order valence-corrected chi connectivity index (χ1v) is 7.66. The fraction of sp³-hybridized carbons (Fsp3) is 0.625. The van der Waals surface area contributed by atoms with Gasteiger partial charge in [0.15, 0.2) is 0 Å². The lowest BCUT2D eigenvalue weighted by molar-refractivity contribution is 0.221. The molecule has 1 aliphatic rings. The summed E-state index contributed by atoms with van der Waals surface area (Å²) in [6.45, 7) is 2.26. The molecule has 1 saturated carbocycles. The summed E-state index contributed by atoms with van der Waals surface area (Å²) in [4.78, 5) is 0. The van der Waals surface area contributed by atoms with Crippen molar-refractivity contribution in [3.8, 4) is 0 Å². The van der Waals surface area contributed by atoms with Gasteiger partial charge in [0.25, 0.3) is 0 Å². The van der Waals surface area contributed by atoms with Crippen LogP contribution in [-0.4, -0.2) is 7.05 Å². The van der Waals surface area contributed by atoms with Crippen LogP contribution in [0.4, 0.5) is 4.39 Å². The molecular weight excluding hydrogens is 261 g/mol. The van der Waals surface area contributed by atoms with Crippen molar-refractivity contribution in [3.63, 3.8) is 0 Å². The average Bonchev–Trinajstić information content (AvgIpc) is 2.43. The van der Waals surface area contributed by atoms with Crippen molar-refractivity contribution in [2.24, 2.45) is 11.8 Å². The van der Waals surface area contributed by atoms with Crippen molar-refractivity contribution < 1.29 is 4.39 Å². The molecule has 0 radical (unpaired) electrons. The zero-order valence-electron chi connectivity index (χ0n) is 11.8. The van der Waals surface area contributed by atoms with Crippen LogP contribution in [0.25, 0.3) is 0 Å². The van der Waals surface area contributed by atoms with E-state index in [1.54, 1.807) is 12.1 Å². The van der Waals surface area contributed by atoms with E-state index in [1.165, 1.54) is 25.3 Å². The third-order valence-corrected chi connectivity index (χ3v) is 4.89. The number of rotatable bonds is 4. The molecule has 1 aliphatic carbocycles. The minimum absolute atomic E-state index is 0.0338. The Kier molecular flexibility index (Phi) is 5.23. The molecule has 0 saturated heterocycles. The molecule has 1 unspecified atom stereocenters. The predicted molar refractivity (Wildman–Crippen MR) is 78.9 cm³/mol. The van der Waals surface area contributed by atoms with Gasteiger partial charge in [-0.05, 0) is 43.9 Å². The Morgan fingerprint density at radius 1 is 1.32 bits per heavy atom. The second kappa shape index (κ2) is 6.71. The van der Waals surface area contributed by atoms with Crippen molar-refractivity contribution >= 4 is 11.6 Å². The second-order valence-electron chi connectivity index (χ2n) is 5.59. The van der Waals surface area contributed by atoms with Crippen LogP contribution in [-0.2, 0) is 0 Å². The minimum atomic E-state index is -0.190. The summed E-state index contributed by atoms with van der Waals surface area (Å²) in [6.07, 6.45) is 6.09. The number of nitrogens with one attached hydrogen (secondary N) is 1. The van der Waals surface area contributed by atoms with E-state index in [1.807, 2.05) is 7.05 Å². The monoisotopic (exact) mass is 283 g/mol. The minimum Gasteiger partial charge on any atom is -0.313 e. The van der Waals surface area contributed by atoms with Gasteiger partial charge in [-0.3, -0.25) is 0 Å². The topological polar surface area (TPSA) is 12.0 Å². The van der Waals surface area contributed by atoms with Gasteiger partial charge in [-0.25, -0.2) is 4.39 Å². The van der Waals surface area contributed by atoms with Crippen LogP contribution in [0.2, 0.25) is 5.02 Å². The molecule has 0 heterocycles. The molecule has 19 heavy (non-hydrogen) atoms. The second-order valence-corrected chi connectivity index (χ2v) is 6.00. The molecule has 0 aliphatic heterocycles. The van der Waals surface area contributed by atoms with E-state index < -0.39 is 0 Å². The Morgan fingerprint density at radius 2 is 2.00 bits per heavy atom. The van der Waals surface area contributed by atoms with E-state index in [9.17, 15) is 4.39 Å². The highest BCUT2D eigenvalue weighted by atomic mass is 35.5. The molecule has 2 rings (SSSR count). The first-order valence-electron chi connectivity index (χ1n) is 7.28. The van der Waals surface area contributed by atoms with Crippen LogP contribution in [0.15, 0.2) is 18.2 Å². The maximum absolute atomic E-state index is 14.1. The summed E-state index contributed by atoms with van der Waals surface area (Å²) < 4.78 is 14.1. The Morgan fingerprint density at radius 3 is 2.53 bits per heavy atom. The third kappa shape index (κ3) is 3.29. The highest BCUT2D eigenvalue weighted by Gasteiger charge is 2.29. The molecule has 1 N–H and O–H groups in total. The van der Waals surface area contributed by atoms with Gasteiger partial charge in [-0.2, -0.15) is 0 Å². The zero-order chi connectivity index (χ0) is 13.8. The molecule has 1 fully saturated rings. The molecule has 3 heteroatoms. The van der Waals surface area contributed by atoms with Gasteiger partial charge in [0.1, 0.15) is 5.82 Å². The summed E-state index contributed by atoms with van der Waals surface area (Å²) >= 11 is 6.20. The Labute approximate surface area is 120 Å². The van der Waals surface area contributed by atoms with E-state index in [0.29, 0.717) is 16.5 Å². The standard InChI is InChI=1S/C16H23ClFN/c1-3-11-7-9-12(10-8-11)16(19-2)15-13(17)5-4-6-14(15)18/h4-6,11-12,16,19H,3,7-10H2,1-2H3. The van der Waals surface area contributed by atoms with Gasteiger partial charge in [0.05, 0.1) is 0 Å². The maximum atomic E-state index is 14.1. The average molecular weight is 284 g/mol. The smallest absolute Gasteiger partial charge is 0.129 e. The molecule has 0 bridgehead atoms. The number of halogens is 2. The van der Waals surface area contributed by atoms with E-state index in [4.69, 9.17) is 11.6 Å². The number of benzene rings is 1. The summed E-state index contributed by atoms with van der Waals surface area (Å²) in [5, 5.41) is 3.82. The van der Waals surface area contributed by atoms with E-state index in [0.717, 1.165) is 18.8 Å². The normalized spacial score (nSPS) is 25.3. The van der Waals surface area contributed by atoms with Gasteiger partial charge in [-0.15, -0.1) is 0 Å². The highest BCUT2D eigenvalue weighted by molar-refractivity contribution is 6.31. The lowest BCUT2D eigenvalue weighted by Crippen LogP contribution is -2.29. The zero-order valence-corrected chi connectivity index (χ0v) is 12.5. The Bertz CT molecular complexity index is 393. The number of hydrogen-bond donors (Lipinski definition) is 1. The fourth-order valence-electron chi connectivity index (χ4n) is 3.35. The lowest BCUT2D eigenvalue weighted by Gasteiger charge is -2.34. The van der Waals surface area contributed by atoms with Gasteiger partial charge < -0.3 is 5.32 Å². The van der Waals surface area contributed by atoms with Gasteiger partial charge >= 0.3 is 0 Å². The third-order valence-electron chi connectivity index (χ3n) is 4.56. The first kappa shape index (κ1) is 14.8. The summed E-state index contributed by atoms with van der Waals surface area (Å²) in [7, 11) is 1.90. The van der Waals surface area contributed by atoms with E-state index >= 15 is 0 Å². The number of hydrogen-bond acceptors (Lipinski definition) is 1. The summed E-state index contributed by atoms with van der Waals surface area (Å²) in [5.74, 6) is 1.15. The quantitative estimate of drug-likeness (QED) is 0.824. The Balaban J connectivity index is 2.17. The molecule has 0 aromatic heterocycles. The van der Waals surface area contributed by atoms with Crippen LogP contribution in [0.5, 0.6) is 0 Å². The molecule has 106 valence electrons.